The molecule has 2 atom stereocenters. The molecule has 0 heterocycles. The fourth-order valence-corrected chi connectivity index (χ4v) is 3.25. The van der Waals surface area contributed by atoms with Gasteiger partial charge in [0.25, 0.3) is 0 Å². The fraction of sp³-hybridized carbons (Fsp3) is 0.529. The van der Waals surface area contributed by atoms with Gasteiger partial charge in [0.05, 0.1) is 18.4 Å². The summed E-state index contributed by atoms with van der Waals surface area (Å²) < 4.78 is 4.89. The van der Waals surface area contributed by atoms with Crippen molar-refractivity contribution in [3.05, 3.63) is 30.3 Å². The second kappa shape index (κ2) is 5.51. The number of hydrogen-bond donors (Lipinski definition) is 1. The first-order valence-electron chi connectivity index (χ1n) is 7.27. The maximum absolute atomic E-state index is 12.7. The maximum atomic E-state index is 12.7. The second-order valence-electron chi connectivity index (χ2n) is 6.49. The molecule has 4 heteroatoms. The van der Waals surface area contributed by atoms with E-state index < -0.39 is 10.8 Å². The number of para-hydroxylation sites is 1. The van der Waals surface area contributed by atoms with E-state index in [2.05, 4.69) is 5.32 Å². The summed E-state index contributed by atoms with van der Waals surface area (Å²) in [5.41, 5.74) is -0.262. The van der Waals surface area contributed by atoms with E-state index in [1.165, 1.54) is 7.11 Å². The summed E-state index contributed by atoms with van der Waals surface area (Å²) in [6.07, 6.45) is 1.36. The number of carbonyl (C=O) groups excluding carboxylic acids is 2. The van der Waals surface area contributed by atoms with Gasteiger partial charge in [-0.2, -0.15) is 0 Å². The van der Waals surface area contributed by atoms with E-state index in [1.54, 1.807) is 0 Å². The zero-order valence-electron chi connectivity index (χ0n) is 13.1. The first-order chi connectivity index (χ1) is 9.83. The van der Waals surface area contributed by atoms with Crippen LogP contribution in [0.15, 0.2) is 30.3 Å². The Morgan fingerprint density at radius 2 is 1.81 bits per heavy atom. The first kappa shape index (κ1) is 15.5. The Balaban J connectivity index is 2.22. The Morgan fingerprint density at radius 3 is 2.38 bits per heavy atom. The van der Waals surface area contributed by atoms with Crippen molar-refractivity contribution >= 4 is 17.6 Å². The molecule has 2 rings (SSSR count). The quantitative estimate of drug-likeness (QED) is 0.869. The van der Waals surface area contributed by atoms with Gasteiger partial charge in [-0.15, -0.1) is 0 Å². The van der Waals surface area contributed by atoms with Crippen LogP contribution in [0.4, 0.5) is 5.69 Å². The van der Waals surface area contributed by atoms with Crippen molar-refractivity contribution in [1.82, 2.24) is 0 Å². The van der Waals surface area contributed by atoms with Crippen molar-refractivity contribution in [2.75, 3.05) is 12.4 Å². The average Bonchev–Trinajstić information content (AvgIpc) is 2.71. The molecule has 114 valence electrons. The molecule has 0 saturated heterocycles. The topological polar surface area (TPSA) is 55.4 Å². The third-order valence-corrected chi connectivity index (χ3v) is 5.24. The van der Waals surface area contributed by atoms with Gasteiger partial charge in [0, 0.05) is 5.69 Å². The van der Waals surface area contributed by atoms with Crippen LogP contribution in [0, 0.1) is 16.7 Å². The Bertz CT molecular complexity index is 538. The van der Waals surface area contributed by atoms with E-state index in [0.717, 1.165) is 5.69 Å². The molecule has 1 aromatic rings. The van der Waals surface area contributed by atoms with Crippen LogP contribution in [-0.2, 0) is 14.3 Å². The molecule has 0 spiro atoms. The summed E-state index contributed by atoms with van der Waals surface area (Å²) in [4.78, 5) is 24.7. The minimum Gasteiger partial charge on any atom is -0.469 e. The van der Waals surface area contributed by atoms with Gasteiger partial charge in [0.15, 0.2) is 0 Å². The molecular formula is C17H23NO3. The second-order valence-corrected chi connectivity index (χ2v) is 6.49. The SMILES string of the molecule is COC(=O)[C@H]1CC[C@](C)(C(=O)Nc2ccccc2)C1(C)C. The number of hydrogen-bond acceptors (Lipinski definition) is 3. The summed E-state index contributed by atoms with van der Waals surface area (Å²) in [6.45, 7) is 5.90. The smallest absolute Gasteiger partial charge is 0.309 e. The fourth-order valence-electron chi connectivity index (χ4n) is 3.25. The maximum Gasteiger partial charge on any atom is 0.309 e. The van der Waals surface area contributed by atoms with Crippen LogP contribution in [0.3, 0.4) is 0 Å². The van der Waals surface area contributed by atoms with Gasteiger partial charge in [-0.3, -0.25) is 9.59 Å². The average molecular weight is 289 g/mol. The van der Waals surface area contributed by atoms with E-state index in [-0.39, 0.29) is 17.8 Å². The molecule has 1 aliphatic carbocycles. The lowest BCUT2D eigenvalue weighted by Crippen LogP contribution is -2.45. The summed E-state index contributed by atoms with van der Waals surface area (Å²) >= 11 is 0. The van der Waals surface area contributed by atoms with Gasteiger partial charge < -0.3 is 10.1 Å². The number of esters is 1. The molecule has 1 fully saturated rings. The predicted octanol–water partition coefficient (Wildman–Crippen LogP) is 3.24. The van der Waals surface area contributed by atoms with Crippen LogP contribution in [0.1, 0.15) is 33.6 Å². The minimum absolute atomic E-state index is 0.0369. The number of methoxy groups -OCH3 is 1. The van der Waals surface area contributed by atoms with Gasteiger partial charge in [0.2, 0.25) is 5.91 Å². The normalized spacial score (nSPS) is 27.1. The highest BCUT2D eigenvalue weighted by molar-refractivity contribution is 5.96. The van der Waals surface area contributed by atoms with Crippen molar-refractivity contribution in [2.45, 2.75) is 33.6 Å². The summed E-state index contributed by atoms with van der Waals surface area (Å²) in [5.74, 6) is -0.504. The van der Waals surface area contributed by atoms with E-state index in [1.807, 2.05) is 51.1 Å². The van der Waals surface area contributed by atoms with Gasteiger partial charge in [0.1, 0.15) is 0 Å². The van der Waals surface area contributed by atoms with Crippen LogP contribution >= 0.6 is 0 Å². The molecule has 1 N–H and O–H groups in total. The summed E-state index contributed by atoms with van der Waals surface area (Å²) in [6, 6.07) is 9.40. The van der Waals surface area contributed by atoms with Crippen LogP contribution in [-0.4, -0.2) is 19.0 Å². The highest BCUT2D eigenvalue weighted by Crippen LogP contribution is 2.56. The standard InChI is InChI=1S/C17H23NO3/c1-16(2)13(14(19)21-4)10-11-17(16,3)15(20)18-12-8-6-5-7-9-12/h5-9,13H,10-11H2,1-4H3,(H,18,20)/t13-,17-/m1/s1. The number of ether oxygens (including phenoxy) is 1. The lowest BCUT2D eigenvalue weighted by Gasteiger charge is -2.39. The van der Waals surface area contributed by atoms with Crippen molar-refractivity contribution in [2.24, 2.45) is 16.7 Å². The molecule has 0 aliphatic heterocycles. The molecule has 0 bridgehead atoms. The molecule has 0 unspecified atom stereocenters. The van der Waals surface area contributed by atoms with Crippen molar-refractivity contribution in [3.63, 3.8) is 0 Å². The number of anilines is 1. The van der Waals surface area contributed by atoms with E-state index in [9.17, 15) is 9.59 Å². The molecule has 1 amide bonds. The highest BCUT2D eigenvalue weighted by Gasteiger charge is 2.58. The van der Waals surface area contributed by atoms with Gasteiger partial charge in [-0.1, -0.05) is 39.0 Å². The molecule has 1 aromatic carbocycles. The molecule has 21 heavy (non-hydrogen) atoms. The third kappa shape index (κ3) is 2.55. The van der Waals surface area contributed by atoms with Gasteiger partial charge in [-0.05, 0) is 30.4 Å². The van der Waals surface area contributed by atoms with Crippen molar-refractivity contribution in [1.29, 1.82) is 0 Å². The molecule has 1 aliphatic rings. The van der Waals surface area contributed by atoms with Crippen molar-refractivity contribution < 1.29 is 14.3 Å². The largest absolute Gasteiger partial charge is 0.469 e. The monoisotopic (exact) mass is 289 g/mol. The van der Waals surface area contributed by atoms with E-state index in [0.29, 0.717) is 12.8 Å². The van der Waals surface area contributed by atoms with Crippen LogP contribution < -0.4 is 5.32 Å². The van der Waals surface area contributed by atoms with Crippen LogP contribution in [0.5, 0.6) is 0 Å². The molecule has 0 aromatic heterocycles. The highest BCUT2D eigenvalue weighted by atomic mass is 16.5. The Morgan fingerprint density at radius 1 is 1.19 bits per heavy atom. The predicted molar refractivity (Wildman–Crippen MR) is 81.7 cm³/mol. The third-order valence-electron chi connectivity index (χ3n) is 5.24. The number of rotatable bonds is 3. The number of carbonyl (C=O) groups is 2. The molecule has 0 radical (unpaired) electrons. The Hall–Kier alpha value is -1.84. The van der Waals surface area contributed by atoms with Gasteiger partial charge in [-0.25, -0.2) is 0 Å². The number of nitrogens with one attached hydrogen (secondary N) is 1. The van der Waals surface area contributed by atoms with Crippen LogP contribution in [0.25, 0.3) is 0 Å². The lowest BCUT2D eigenvalue weighted by molar-refractivity contribution is -0.151. The molecule has 1 saturated carbocycles. The number of benzene rings is 1. The number of amides is 1. The Labute approximate surface area is 125 Å². The summed E-state index contributed by atoms with van der Waals surface area (Å²) in [7, 11) is 1.40. The van der Waals surface area contributed by atoms with E-state index >= 15 is 0 Å². The van der Waals surface area contributed by atoms with E-state index in [4.69, 9.17) is 4.74 Å². The van der Waals surface area contributed by atoms with Gasteiger partial charge >= 0.3 is 5.97 Å². The van der Waals surface area contributed by atoms with Crippen LogP contribution in [0.2, 0.25) is 0 Å². The molecule has 4 nitrogen and oxygen atoms in total. The Kier molecular flexibility index (Phi) is 4.08. The first-order valence-corrected chi connectivity index (χ1v) is 7.27. The summed E-state index contributed by atoms with van der Waals surface area (Å²) in [5, 5.41) is 2.97. The minimum atomic E-state index is -0.596. The molecular weight excluding hydrogens is 266 g/mol. The lowest BCUT2D eigenvalue weighted by atomic mass is 9.65. The van der Waals surface area contributed by atoms with Crippen molar-refractivity contribution in [3.8, 4) is 0 Å². The zero-order valence-corrected chi connectivity index (χ0v) is 13.1. The zero-order chi connectivity index (χ0) is 15.7.